The molecule has 2 heteroatoms. The van der Waals surface area contributed by atoms with Crippen LogP contribution in [0.2, 0.25) is 0 Å². The lowest BCUT2D eigenvalue weighted by Gasteiger charge is -2.04. The molecule has 0 fully saturated rings. The van der Waals surface area contributed by atoms with Crippen LogP contribution in [0.15, 0.2) is 24.3 Å². The summed E-state index contributed by atoms with van der Waals surface area (Å²) in [5, 5.41) is 0. The highest BCUT2D eigenvalue weighted by Crippen LogP contribution is 2.14. The molecule has 0 unspecified atom stereocenters. The van der Waals surface area contributed by atoms with E-state index in [4.69, 9.17) is 4.74 Å². The predicted molar refractivity (Wildman–Crippen MR) is 61.4 cm³/mol. The normalized spacial score (nSPS) is 10.4. The highest BCUT2D eigenvalue weighted by atomic mass is 16.5. The first-order chi connectivity index (χ1) is 7.13. The van der Waals surface area contributed by atoms with Crippen molar-refractivity contribution in [2.45, 2.75) is 26.7 Å². The Hall–Kier alpha value is -1.31. The minimum Gasteiger partial charge on any atom is -0.497 e. The van der Waals surface area contributed by atoms with Crippen molar-refractivity contribution < 1.29 is 9.53 Å². The number of hydrogen-bond donors (Lipinski definition) is 0. The van der Waals surface area contributed by atoms with E-state index in [1.807, 2.05) is 24.3 Å². The average Bonchev–Trinajstić information content (AvgIpc) is 2.26. The monoisotopic (exact) mass is 206 g/mol. The van der Waals surface area contributed by atoms with Gasteiger partial charge in [0.1, 0.15) is 5.75 Å². The van der Waals surface area contributed by atoms with Crippen LogP contribution >= 0.6 is 0 Å². The number of ketones is 1. The molecule has 1 rings (SSSR count). The van der Waals surface area contributed by atoms with Crippen LogP contribution in [0.5, 0.6) is 5.75 Å². The Bertz CT molecular complexity index is 312. The Morgan fingerprint density at radius 1 is 1.27 bits per heavy atom. The smallest absolute Gasteiger partial charge is 0.162 e. The highest BCUT2D eigenvalue weighted by molar-refractivity contribution is 5.96. The zero-order valence-electron chi connectivity index (χ0n) is 9.62. The highest BCUT2D eigenvalue weighted by Gasteiger charge is 2.06. The third-order valence-corrected chi connectivity index (χ3v) is 2.36. The van der Waals surface area contributed by atoms with Gasteiger partial charge in [0.25, 0.3) is 0 Å². The molecular formula is C13H18O2. The van der Waals surface area contributed by atoms with Crippen LogP contribution in [0.25, 0.3) is 0 Å². The predicted octanol–water partition coefficient (Wildman–Crippen LogP) is 3.31. The van der Waals surface area contributed by atoms with Crippen molar-refractivity contribution in [2.75, 3.05) is 7.11 Å². The van der Waals surface area contributed by atoms with E-state index < -0.39 is 0 Å². The second-order valence-electron chi connectivity index (χ2n) is 4.08. The Labute approximate surface area is 91.3 Å². The zero-order valence-corrected chi connectivity index (χ0v) is 9.62. The topological polar surface area (TPSA) is 26.3 Å². The lowest BCUT2D eigenvalue weighted by molar-refractivity contribution is 0.0975. The molecule has 82 valence electrons. The zero-order chi connectivity index (χ0) is 11.3. The number of Topliss-reactive ketones (excluding diaryl/α,β-unsaturated/α-hetero) is 1. The molecule has 0 aromatic heterocycles. The van der Waals surface area contributed by atoms with Gasteiger partial charge in [0, 0.05) is 12.0 Å². The van der Waals surface area contributed by atoms with Crippen LogP contribution in [-0.4, -0.2) is 12.9 Å². The minimum atomic E-state index is 0.214. The summed E-state index contributed by atoms with van der Waals surface area (Å²) in [5.74, 6) is 1.58. The molecular weight excluding hydrogens is 188 g/mol. The minimum absolute atomic E-state index is 0.214. The number of rotatable bonds is 5. The van der Waals surface area contributed by atoms with Gasteiger partial charge in [0.2, 0.25) is 0 Å². The summed E-state index contributed by atoms with van der Waals surface area (Å²) in [4.78, 5) is 11.7. The van der Waals surface area contributed by atoms with Gasteiger partial charge in [-0.3, -0.25) is 4.79 Å². The largest absolute Gasteiger partial charge is 0.497 e. The third-order valence-electron chi connectivity index (χ3n) is 2.36. The first-order valence-electron chi connectivity index (χ1n) is 5.30. The number of benzene rings is 1. The van der Waals surface area contributed by atoms with Crippen molar-refractivity contribution in [3.8, 4) is 5.75 Å². The van der Waals surface area contributed by atoms with Crippen LogP contribution in [-0.2, 0) is 0 Å². The van der Waals surface area contributed by atoms with Gasteiger partial charge in [-0.2, -0.15) is 0 Å². The van der Waals surface area contributed by atoms with E-state index in [-0.39, 0.29) is 5.78 Å². The molecule has 0 radical (unpaired) electrons. The number of hydrogen-bond acceptors (Lipinski definition) is 2. The Morgan fingerprint density at radius 3 is 2.33 bits per heavy atom. The fourth-order valence-electron chi connectivity index (χ4n) is 1.34. The van der Waals surface area contributed by atoms with Crippen molar-refractivity contribution in [1.82, 2.24) is 0 Å². The third kappa shape index (κ3) is 3.74. The molecule has 0 heterocycles. The van der Waals surface area contributed by atoms with Crippen LogP contribution in [0, 0.1) is 5.92 Å². The maximum atomic E-state index is 11.7. The molecule has 0 atom stereocenters. The van der Waals surface area contributed by atoms with Crippen LogP contribution < -0.4 is 4.74 Å². The SMILES string of the molecule is COc1ccc(C(=O)CCC(C)C)cc1. The quantitative estimate of drug-likeness (QED) is 0.691. The van der Waals surface area contributed by atoms with Crippen LogP contribution in [0.3, 0.4) is 0 Å². The van der Waals surface area contributed by atoms with Gasteiger partial charge in [0.05, 0.1) is 7.11 Å². The second kappa shape index (κ2) is 5.54. The van der Waals surface area contributed by atoms with Gasteiger partial charge in [-0.15, -0.1) is 0 Å². The van der Waals surface area contributed by atoms with Crippen molar-refractivity contribution in [2.24, 2.45) is 5.92 Å². The summed E-state index contributed by atoms with van der Waals surface area (Å²) >= 11 is 0. The summed E-state index contributed by atoms with van der Waals surface area (Å²) in [6.07, 6.45) is 1.58. The number of ether oxygens (including phenoxy) is 1. The van der Waals surface area contributed by atoms with E-state index in [0.29, 0.717) is 12.3 Å². The van der Waals surface area contributed by atoms with Crippen molar-refractivity contribution in [3.63, 3.8) is 0 Å². The molecule has 0 saturated heterocycles. The van der Waals surface area contributed by atoms with Crippen LogP contribution in [0.1, 0.15) is 37.0 Å². The van der Waals surface area contributed by atoms with Gasteiger partial charge in [-0.1, -0.05) is 13.8 Å². The standard InChI is InChI=1S/C13H18O2/c1-10(2)4-9-13(14)11-5-7-12(15-3)8-6-11/h5-8,10H,4,9H2,1-3H3. The van der Waals surface area contributed by atoms with Crippen LogP contribution in [0.4, 0.5) is 0 Å². The molecule has 0 spiro atoms. The van der Waals surface area contributed by atoms with E-state index >= 15 is 0 Å². The molecule has 0 saturated carbocycles. The fraction of sp³-hybridized carbons (Fsp3) is 0.462. The molecule has 0 aliphatic heterocycles. The summed E-state index contributed by atoms with van der Waals surface area (Å²) < 4.78 is 5.04. The van der Waals surface area contributed by atoms with E-state index in [1.54, 1.807) is 7.11 Å². The molecule has 2 nitrogen and oxygen atoms in total. The summed E-state index contributed by atoms with van der Waals surface area (Å²) in [6, 6.07) is 7.29. The lowest BCUT2D eigenvalue weighted by Crippen LogP contribution is -2.01. The molecule has 0 amide bonds. The molecule has 0 aliphatic carbocycles. The fourth-order valence-corrected chi connectivity index (χ4v) is 1.34. The summed E-state index contributed by atoms with van der Waals surface area (Å²) in [6.45, 7) is 4.25. The number of carbonyl (C=O) groups excluding carboxylic acids is 1. The van der Waals surface area contributed by atoms with Gasteiger partial charge >= 0.3 is 0 Å². The second-order valence-corrected chi connectivity index (χ2v) is 4.08. The average molecular weight is 206 g/mol. The molecule has 1 aromatic rings. The number of carbonyl (C=O) groups is 1. The molecule has 0 aliphatic rings. The van der Waals surface area contributed by atoms with Gasteiger partial charge < -0.3 is 4.74 Å². The first kappa shape index (κ1) is 11.8. The Morgan fingerprint density at radius 2 is 1.87 bits per heavy atom. The molecule has 1 aromatic carbocycles. The lowest BCUT2D eigenvalue weighted by atomic mass is 10.0. The van der Waals surface area contributed by atoms with Crippen molar-refractivity contribution in [1.29, 1.82) is 0 Å². The van der Waals surface area contributed by atoms with E-state index in [0.717, 1.165) is 17.7 Å². The van der Waals surface area contributed by atoms with Gasteiger partial charge in [-0.05, 0) is 36.6 Å². The summed E-state index contributed by atoms with van der Waals surface area (Å²) in [5.41, 5.74) is 0.774. The first-order valence-corrected chi connectivity index (χ1v) is 5.30. The van der Waals surface area contributed by atoms with Gasteiger partial charge in [-0.25, -0.2) is 0 Å². The molecule has 15 heavy (non-hydrogen) atoms. The Kier molecular flexibility index (Phi) is 4.35. The van der Waals surface area contributed by atoms with Crippen molar-refractivity contribution in [3.05, 3.63) is 29.8 Å². The van der Waals surface area contributed by atoms with E-state index in [9.17, 15) is 4.79 Å². The van der Waals surface area contributed by atoms with Gasteiger partial charge in [0.15, 0.2) is 5.78 Å². The Balaban J connectivity index is 2.58. The summed E-state index contributed by atoms with van der Waals surface area (Å²) in [7, 11) is 1.62. The van der Waals surface area contributed by atoms with E-state index in [2.05, 4.69) is 13.8 Å². The maximum absolute atomic E-state index is 11.7. The molecule has 0 bridgehead atoms. The maximum Gasteiger partial charge on any atom is 0.162 e. The van der Waals surface area contributed by atoms with E-state index in [1.165, 1.54) is 0 Å². The number of methoxy groups -OCH3 is 1. The molecule has 0 N–H and O–H groups in total. The van der Waals surface area contributed by atoms with Crippen molar-refractivity contribution >= 4 is 5.78 Å².